The van der Waals surface area contributed by atoms with Gasteiger partial charge in [0.05, 0.1) is 11.9 Å². The van der Waals surface area contributed by atoms with E-state index in [0.29, 0.717) is 0 Å². The van der Waals surface area contributed by atoms with Crippen LogP contribution in [0, 0.1) is 0 Å². The van der Waals surface area contributed by atoms with Gasteiger partial charge in [0.15, 0.2) is 0 Å². The minimum atomic E-state index is -2.44. The molecule has 0 aliphatic rings. The topological polar surface area (TPSA) is 121 Å². The first-order valence-electron chi connectivity index (χ1n) is 2.24. The Morgan fingerprint density at radius 2 is 1.18 bits per heavy atom. The van der Waals surface area contributed by atoms with Gasteiger partial charge in [-0.25, -0.2) is 0 Å². The molecule has 7 heteroatoms. The second-order valence-electron chi connectivity index (χ2n) is 1.53. The van der Waals surface area contributed by atoms with Crippen molar-refractivity contribution in [2.75, 3.05) is 0 Å². The van der Waals surface area contributed by atoms with Crippen LogP contribution in [0.2, 0.25) is 0 Å². The van der Waals surface area contributed by atoms with Crippen molar-refractivity contribution in [3.05, 3.63) is 0 Å². The molecule has 0 aromatic rings. The summed E-state index contributed by atoms with van der Waals surface area (Å²) in [7, 11) is 0. The average molecular weight is 267 g/mol. The van der Waals surface area contributed by atoms with E-state index in [1.165, 1.54) is 0 Å². The molecule has 0 rings (SSSR count). The second kappa shape index (κ2) is 5.33. The fourth-order valence-corrected chi connectivity index (χ4v) is 0.258. The van der Waals surface area contributed by atoms with Crippen LogP contribution >= 0.6 is 0 Å². The van der Waals surface area contributed by atoms with E-state index in [1.807, 2.05) is 0 Å². The first-order valence-corrected chi connectivity index (χ1v) is 2.24. The van der Waals surface area contributed by atoms with Crippen molar-refractivity contribution in [2.45, 2.75) is 12.2 Å². The van der Waals surface area contributed by atoms with Crippen LogP contribution in [0.5, 0.6) is 0 Å². The summed E-state index contributed by atoms with van der Waals surface area (Å²) in [6, 6.07) is 0. The van der Waals surface area contributed by atoms with Gasteiger partial charge in [-0.15, -0.1) is 0 Å². The van der Waals surface area contributed by atoms with Gasteiger partial charge in [0.2, 0.25) is 0 Å². The number of hydrogen-bond donors (Lipinski definition) is 2. The largest absolute Gasteiger partial charge is 4.00 e. The number of carboxylic acids is 2. The van der Waals surface area contributed by atoms with Crippen LogP contribution in [0.1, 0.15) is 0 Å². The summed E-state index contributed by atoms with van der Waals surface area (Å²) in [5, 5.41) is 35.7. The number of carbonyl (C=O) groups is 2. The summed E-state index contributed by atoms with van der Waals surface area (Å²) in [5.41, 5.74) is 0. The molecule has 0 aliphatic carbocycles. The summed E-state index contributed by atoms with van der Waals surface area (Å²) >= 11 is 0. The van der Waals surface area contributed by atoms with Gasteiger partial charge >= 0.3 is 23.9 Å². The third-order valence-electron chi connectivity index (χ3n) is 0.782. The zero-order valence-electron chi connectivity index (χ0n) is 5.18. The molecule has 0 aromatic carbocycles. The Labute approximate surface area is 78.4 Å². The number of rotatable bonds is 3. The molecule has 0 radical (unpaired) electrons. The molecule has 0 bridgehead atoms. The Balaban J connectivity index is 0. The monoisotopic (exact) mass is 268 g/mol. The molecule has 2 N–H and O–H groups in total. The Bertz CT molecular complexity index is 139. The maximum absolute atomic E-state index is 9.63. The van der Waals surface area contributed by atoms with E-state index in [2.05, 4.69) is 0 Å². The smallest absolute Gasteiger partial charge is 0.547 e. The van der Waals surface area contributed by atoms with E-state index in [9.17, 15) is 19.8 Å². The molecule has 58 valence electrons. The van der Waals surface area contributed by atoms with Crippen LogP contribution in [0.3, 0.4) is 0 Å². The standard InChI is InChI=1S/C4H6O6.Sn/c5-1(3(7)8)2(6)4(9)10;/h1-2,5-6H,(H,7,8)(H,9,10);/q;+4/p-2. The van der Waals surface area contributed by atoms with E-state index in [-0.39, 0.29) is 23.9 Å². The molecule has 0 heterocycles. The molecular formula is C4H4O6Sn+2. The number of aliphatic hydroxyl groups is 2. The fraction of sp³-hybridized carbons (Fsp3) is 0.500. The van der Waals surface area contributed by atoms with E-state index in [1.54, 1.807) is 0 Å². The molecule has 0 spiro atoms. The normalized spacial score (nSPS) is 14.4. The first-order chi connectivity index (χ1) is 4.46. The molecule has 2 atom stereocenters. The zero-order chi connectivity index (χ0) is 8.31. The SMILES string of the molecule is O=C([O-])C(O)C(O)C(=O)[O-].[Sn+4]. The fourth-order valence-electron chi connectivity index (χ4n) is 0.258. The van der Waals surface area contributed by atoms with Crippen LogP contribution in [-0.4, -0.2) is 58.3 Å². The van der Waals surface area contributed by atoms with Gasteiger partial charge in [-0.1, -0.05) is 0 Å². The van der Waals surface area contributed by atoms with Crippen molar-refractivity contribution < 1.29 is 30.0 Å². The molecule has 0 saturated heterocycles. The summed E-state index contributed by atoms with van der Waals surface area (Å²) in [6.45, 7) is 0. The van der Waals surface area contributed by atoms with Crippen LogP contribution < -0.4 is 10.2 Å². The maximum Gasteiger partial charge on any atom is 4.00 e. The summed E-state index contributed by atoms with van der Waals surface area (Å²) in [6.07, 6.45) is -4.88. The van der Waals surface area contributed by atoms with Crippen molar-refractivity contribution in [1.82, 2.24) is 0 Å². The molecule has 0 fully saturated rings. The zero-order valence-corrected chi connectivity index (χ0v) is 8.04. The Kier molecular flexibility index (Phi) is 6.42. The van der Waals surface area contributed by atoms with Gasteiger partial charge < -0.3 is 30.0 Å². The molecule has 0 saturated carbocycles. The van der Waals surface area contributed by atoms with Crippen LogP contribution in [-0.2, 0) is 9.59 Å². The van der Waals surface area contributed by atoms with Crippen LogP contribution in [0.4, 0.5) is 0 Å². The van der Waals surface area contributed by atoms with Crippen molar-refractivity contribution >= 4 is 35.8 Å². The van der Waals surface area contributed by atoms with Gasteiger partial charge in [0.25, 0.3) is 0 Å². The number of carboxylic acid groups (broad SMARTS) is 2. The van der Waals surface area contributed by atoms with Crippen molar-refractivity contribution in [3.8, 4) is 0 Å². The van der Waals surface area contributed by atoms with E-state index < -0.39 is 24.1 Å². The first kappa shape index (κ1) is 13.3. The van der Waals surface area contributed by atoms with E-state index >= 15 is 0 Å². The van der Waals surface area contributed by atoms with Gasteiger partial charge in [-0.05, 0) is 0 Å². The number of aliphatic hydroxyl groups excluding tert-OH is 2. The second-order valence-corrected chi connectivity index (χ2v) is 1.53. The van der Waals surface area contributed by atoms with Crippen LogP contribution in [0.25, 0.3) is 0 Å². The predicted octanol–water partition coefficient (Wildman–Crippen LogP) is -5.17. The summed E-state index contributed by atoms with van der Waals surface area (Å²) in [4.78, 5) is 19.3. The van der Waals surface area contributed by atoms with Crippen molar-refractivity contribution in [3.63, 3.8) is 0 Å². The van der Waals surface area contributed by atoms with Gasteiger partial charge in [-0.3, -0.25) is 0 Å². The summed E-state index contributed by atoms with van der Waals surface area (Å²) < 4.78 is 0. The Morgan fingerprint density at radius 1 is 1.00 bits per heavy atom. The van der Waals surface area contributed by atoms with Gasteiger partial charge in [0, 0.05) is 0 Å². The molecule has 2 unspecified atom stereocenters. The van der Waals surface area contributed by atoms with Crippen molar-refractivity contribution in [2.24, 2.45) is 0 Å². The van der Waals surface area contributed by atoms with E-state index in [4.69, 9.17) is 10.2 Å². The summed E-state index contributed by atoms with van der Waals surface area (Å²) in [5.74, 6) is -4.12. The van der Waals surface area contributed by atoms with E-state index in [0.717, 1.165) is 0 Å². The average Bonchev–Trinajstić information content (AvgIpc) is 1.84. The van der Waals surface area contributed by atoms with Gasteiger partial charge in [-0.2, -0.15) is 0 Å². The van der Waals surface area contributed by atoms with Crippen molar-refractivity contribution in [1.29, 1.82) is 0 Å². The molecular weight excluding hydrogens is 263 g/mol. The third-order valence-corrected chi connectivity index (χ3v) is 0.782. The quantitative estimate of drug-likeness (QED) is 0.493. The molecule has 11 heavy (non-hydrogen) atoms. The molecule has 6 nitrogen and oxygen atoms in total. The molecule has 0 aromatic heterocycles. The van der Waals surface area contributed by atoms with Gasteiger partial charge in [0.1, 0.15) is 12.2 Å². The molecule has 0 aliphatic heterocycles. The minimum absolute atomic E-state index is 0. The number of hydrogen-bond acceptors (Lipinski definition) is 6. The molecule has 0 amide bonds. The number of aliphatic carboxylic acids is 2. The minimum Gasteiger partial charge on any atom is -0.547 e. The Hall–Kier alpha value is -0.341. The van der Waals surface area contributed by atoms with Crippen LogP contribution in [0.15, 0.2) is 0 Å². The maximum atomic E-state index is 9.63. The Morgan fingerprint density at radius 3 is 1.27 bits per heavy atom. The predicted molar refractivity (Wildman–Crippen MR) is 27.8 cm³/mol. The number of carbonyl (C=O) groups excluding carboxylic acids is 2. The third kappa shape index (κ3) is 4.17.